The van der Waals surface area contributed by atoms with Gasteiger partial charge in [0.05, 0.1) is 16.8 Å². The molecule has 0 spiro atoms. The third-order valence-corrected chi connectivity index (χ3v) is 6.37. The molecule has 4 rings (SSSR count). The summed E-state index contributed by atoms with van der Waals surface area (Å²) in [6.07, 6.45) is 0. The zero-order chi connectivity index (χ0) is 20.4. The van der Waals surface area contributed by atoms with Gasteiger partial charge in [-0.2, -0.15) is 0 Å². The minimum absolute atomic E-state index is 0.0124. The van der Waals surface area contributed by atoms with Crippen molar-refractivity contribution in [2.45, 2.75) is 0 Å². The van der Waals surface area contributed by atoms with E-state index in [1.165, 1.54) is 0 Å². The topological polar surface area (TPSA) is 54.9 Å². The summed E-state index contributed by atoms with van der Waals surface area (Å²) in [7, 11) is 1.59. The van der Waals surface area contributed by atoms with E-state index >= 15 is 0 Å². The molecule has 1 aromatic heterocycles. The molecule has 2 heterocycles. The maximum atomic E-state index is 12.5. The summed E-state index contributed by atoms with van der Waals surface area (Å²) in [5.41, 5.74) is 0.773. The number of methoxy groups -OCH3 is 1. The summed E-state index contributed by atoms with van der Waals surface area (Å²) in [5.74, 6) is 1.20. The van der Waals surface area contributed by atoms with Gasteiger partial charge < -0.3 is 19.3 Å². The molecule has 152 valence electrons. The van der Waals surface area contributed by atoms with E-state index in [0.29, 0.717) is 47.7 Å². The van der Waals surface area contributed by atoms with Crippen molar-refractivity contribution in [1.82, 2.24) is 9.88 Å². The van der Waals surface area contributed by atoms with E-state index < -0.39 is 0 Å². The number of carbonyl (C=O) groups is 1. The normalized spacial score (nSPS) is 14.3. The third kappa shape index (κ3) is 4.37. The molecule has 0 radical (unpaired) electrons. The first-order valence-corrected chi connectivity index (χ1v) is 10.7. The van der Waals surface area contributed by atoms with Gasteiger partial charge in [0, 0.05) is 31.2 Å². The van der Waals surface area contributed by atoms with E-state index in [2.05, 4.69) is 4.90 Å². The highest BCUT2D eigenvalue weighted by Crippen LogP contribution is 2.38. The minimum atomic E-state index is -0.0302. The lowest BCUT2D eigenvalue weighted by Gasteiger charge is -2.34. The highest BCUT2D eigenvalue weighted by atomic mass is 35.5. The summed E-state index contributed by atoms with van der Waals surface area (Å²) in [5, 5.41) is 2.09. The first kappa shape index (κ1) is 20.1. The molecule has 0 bridgehead atoms. The Bertz CT molecular complexity index is 1020. The Morgan fingerprint density at radius 2 is 1.83 bits per heavy atom. The van der Waals surface area contributed by atoms with Gasteiger partial charge in [-0.1, -0.05) is 34.5 Å². The molecule has 2 aromatic carbocycles. The maximum absolute atomic E-state index is 12.5. The van der Waals surface area contributed by atoms with Crippen molar-refractivity contribution in [3.05, 3.63) is 46.4 Å². The van der Waals surface area contributed by atoms with Crippen molar-refractivity contribution < 1.29 is 14.3 Å². The first-order chi connectivity index (χ1) is 14.0. The Hall–Kier alpha value is -2.22. The second-order valence-corrected chi connectivity index (χ2v) is 8.39. The Kier molecular flexibility index (Phi) is 5.99. The molecule has 1 aliphatic rings. The SMILES string of the molecule is COc1c(Cl)ccc2sc(N3CCN(C(=O)COc4ccc(Cl)cc4)CC3)nc12. The van der Waals surface area contributed by atoms with Crippen molar-refractivity contribution >= 4 is 55.8 Å². The molecule has 1 aliphatic heterocycles. The van der Waals surface area contributed by atoms with Gasteiger partial charge in [0.2, 0.25) is 0 Å². The lowest BCUT2D eigenvalue weighted by atomic mass is 10.3. The van der Waals surface area contributed by atoms with Crippen LogP contribution in [0.3, 0.4) is 0 Å². The highest BCUT2D eigenvalue weighted by molar-refractivity contribution is 7.22. The van der Waals surface area contributed by atoms with Gasteiger partial charge in [0.15, 0.2) is 17.5 Å². The molecule has 6 nitrogen and oxygen atoms in total. The predicted molar refractivity (Wildman–Crippen MR) is 117 cm³/mol. The van der Waals surface area contributed by atoms with Gasteiger partial charge >= 0.3 is 0 Å². The molecule has 1 saturated heterocycles. The maximum Gasteiger partial charge on any atom is 0.260 e. The Morgan fingerprint density at radius 1 is 1.10 bits per heavy atom. The van der Waals surface area contributed by atoms with E-state index in [1.54, 1.807) is 42.7 Å². The average Bonchev–Trinajstić information content (AvgIpc) is 3.17. The van der Waals surface area contributed by atoms with Crippen LogP contribution in [0.25, 0.3) is 10.2 Å². The zero-order valence-corrected chi connectivity index (χ0v) is 18.1. The van der Waals surface area contributed by atoms with Crippen molar-refractivity contribution in [3.63, 3.8) is 0 Å². The number of piperazine rings is 1. The van der Waals surface area contributed by atoms with Crippen LogP contribution in [0.15, 0.2) is 36.4 Å². The van der Waals surface area contributed by atoms with Crippen LogP contribution < -0.4 is 14.4 Å². The largest absolute Gasteiger partial charge is 0.493 e. The number of anilines is 1. The van der Waals surface area contributed by atoms with Crippen LogP contribution in [0.4, 0.5) is 5.13 Å². The second-order valence-electron chi connectivity index (χ2n) is 6.53. The van der Waals surface area contributed by atoms with E-state index in [0.717, 1.165) is 15.3 Å². The fraction of sp³-hybridized carbons (Fsp3) is 0.300. The molecule has 0 unspecified atom stereocenters. The molecule has 1 fully saturated rings. The number of hydrogen-bond acceptors (Lipinski definition) is 6. The number of ether oxygens (including phenoxy) is 2. The van der Waals surface area contributed by atoms with Gasteiger partial charge in [-0.05, 0) is 36.4 Å². The van der Waals surface area contributed by atoms with Crippen LogP contribution in [0.2, 0.25) is 10.0 Å². The summed E-state index contributed by atoms with van der Waals surface area (Å²) < 4.78 is 12.0. The average molecular weight is 452 g/mol. The van der Waals surface area contributed by atoms with Crippen LogP contribution >= 0.6 is 34.5 Å². The Labute approximate surface area is 182 Å². The van der Waals surface area contributed by atoms with Crippen LogP contribution in [0.1, 0.15) is 0 Å². The Balaban J connectivity index is 1.36. The van der Waals surface area contributed by atoms with Gasteiger partial charge in [-0.25, -0.2) is 4.98 Å². The minimum Gasteiger partial charge on any atom is -0.493 e. The molecule has 29 heavy (non-hydrogen) atoms. The number of benzene rings is 2. The van der Waals surface area contributed by atoms with E-state index in [4.69, 9.17) is 37.7 Å². The number of halogens is 2. The van der Waals surface area contributed by atoms with Crippen LogP contribution in [-0.2, 0) is 4.79 Å². The number of nitrogens with zero attached hydrogens (tertiary/aromatic N) is 3. The molecule has 0 atom stereocenters. The standard InChI is InChI=1S/C20H19Cl2N3O3S/c1-27-19-15(22)6-7-16-18(19)23-20(29-16)25-10-8-24(9-11-25)17(26)12-28-14-4-2-13(21)3-5-14/h2-7H,8-12H2,1H3. The van der Waals surface area contributed by atoms with Crippen LogP contribution in [0.5, 0.6) is 11.5 Å². The molecule has 9 heteroatoms. The lowest BCUT2D eigenvalue weighted by Crippen LogP contribution is -2.50. The molecule has 0 N–H and O–H groups in total. The lowest BCUT2D eigenvalue weighted by molar-refractivity contribution is -0.133. The summed E-state index contributed by atoms with van der Waals surface area (Å²) >= 11 is 13.7. The number of amides is 1. The number of rotatable bonds is 5. The molecule has 0 aliphatic carbocycles. The van der Waals surface area contributed by atoms with Gasteiger partial charge in [0.25, 0.3) is 5.91 Å². The number of hydrogen-bond donors (Lipinski definition) is 0. The van der Waals surface area contributed by atoms with E-state index in [9.17, 15) is 4.79 Å². The van der Waals surface area contributed by atoms with Crippen molar-refractivity contribution in [1.29, 1.82) is 0 Å². The monoisotopic (exact) mass is 451 g/mol. The van der Waals surface area contributed by atoms with E-state index in [1.807, 2.05) is 17.0 Å². The van der Waals surface area contributed by atoms with Crippen LogP contribution in [0, 0.1) is 0 Å². The number of thiazole rings is 1. The zero-order valence-electron chi connectivity index (χ0n) is 15.7. The van der Waals surface area contributed by atoms with Gasteiger partial charge in [-0.15, -0.1) is 0 Å². The number of aromatic nitrogens is 1. The highest BCUT2D eigenvalue weighted by Gasteiger charge is 2.24. The smallest absolute Gasteiger partial charge is 0.260 e. The van der Waals surface area contributed by atoms with Crippen molar-refractivity contribution in [2.75, 3.05) is 44.8 Å². The summed E-state index contributed by atoms with van der Waals surface area (Å²) in [4.78, 5) is 21.2. The van der Waals surface area contributed by atoms with Crippen LogP contribution in [-0.4, -0.2) is 55.7 Å². The van der Waals surface area contributed by atoms with Crippen molar-refractivity contribution in [2.24, 2.45) is 0 Å². The third-order valence-electron chi connectivity index (χ3n) is 4.74. The molecular weight excluding hydrogens is 433 g/mol. The number of fused-ring (bicyclic) bond motifs is 1. The summed E-state index contributed by atoms with van der Waals surface area (Å²) in [6.45, 7) is 2.68. The first-order valence-electron chi connectivity index (χ1n) is 9.09. The summed E-state index contributed by atoms with van der Waals surface area (Å²) in [6, 6.07) is 10.8. The quantitative estimate of drug-likeness (QED) is 0.577. The predicted octanol–water partition coefficient (Wildman–Crippen LogP) is 4.34. The Morgan fingerprint density at radius 3 is 2.52 bits per heavy atom. The molecule has 0 saturated carbocycles. The molecular formula is C20H19Cl2N3O3S. The second kappa shape index (κ2) is 8.65. The molecule has 3 aromatic rings. The number of carbonyl (C=O) groups excluding carboxylic acids is 1. The van der Waals surface area contributed by atoms with Crippen molar-refractivity contribution in [3.8, 4) is 11.5 Å². The fourth-order valence-electron chi connectivity index (χ4n) is 3.18. The van der Waals surface area contributed by atoms with Gasteiger partial charge in [-0.3, -0.25) is 4.79 Å². The van der Waals surface area contributed by atoms with E-state index in [-0.39, 0.29) is 12.5 Å². The molecule has 1 amide bonds. The van der Waals surface area contributed by atoms with Gasteiger partial charge in [0.1, 0.15) is 11.3 Å². The fourth-order valence-corrected chi connectivity index (χ4v) is 4.55.